The molecule has 0 aliphatic carbocycles. The Bertz CT molecular complexity index is 569. The van der Waals surface area contributed by atoms with Crippen molar-refractivity contribution in [3.05, 3.63) is 23.5 Å². The van der Waals surface area contributed by atoms with E-state index in [1.165, 1.54) is 12.1 Å². The smallest absolute Gasteiger partial charge is 0.363 e. The number of alkyl halides is 3. The second-order valence-electron chi connectivity index (χ2n) is 5.38. The fraction of sp³-hybridized carbons (Fsp3) is 0.533. The SMILES string of the molecule is Cc1cc(F)c(N=C2CCCCN2C)cc1SCC(F)(F)F. The molecule has 1 saturated heterocycles. The first-order valence-corrected chi connectivity index (χ1v) is 8.03. The summed E-state index contributed by atoms with van der Waals surface area (Å²) in [5.74, 6) is -0.712. The zero-order valence-electron chi connectivity index (χ0n) is 12.5. The third-order valence-electron chi connectivity index (χ3n) is 3.47. The number of thioether (sulfide) groups is 1. The number of amidine groups is 1. The molecule has 1 aromatic carbocycles. The molecular formula is C15H18F4N2S. The van der Waals surface area contributed by atoms with E-state index in [0.717, 1.165) is 31.6 Å². The second kappa shape index (κ2) is 6.89. The number of piperidine rings is 1. The quantitative estimate of drug-likeness (QED) is 0.575. The summed E-state index contributed by atoms with van der Waals surface area (Å²) in [6, 6.07) is 2.66. The number of aliphatic imine (C=N–C) groups is 1. The first kappa shape index (κ1) is 17.1. The number of hydrogen-bond donors (Lipinski definition) is 0. The van der Waals surface area contributed by atoms with Gasteiger partial charge < -0.3 is 4.90 Å². The van der Waals surface area contributed by atoms with Crippen molar-refractivity contribution in [2.24, 2.45) is 4.99 Å². The Morgan fingerprint density at radius 3 is 2.64 bits per heavy atom. The van der Waals surface area contributed by atoms with Crippen molar-refractivity contribution in [3.8, 4) is 0 Å². The van der Waals surface area contributed by atoms with E-state index in [1.54, 1.807) is 6.92 Å². The minimum absolute atomic E-state index is 0.110. The van der Waals surface area contributed by atoms with E-state index in [4.69, 9.17) is 0 Å². The number of likely N-dealkylation sites (tertiary alicyclic amines) is 1. The molecule has 0 atom stereocenters. The Morgan fingerprint density at radius 1 is 1.27 bits per heavy atom. The fourth-order valence-electron chi connectivity index (χ4n) is 2.28. The van der Waals surface area contributed by atoms with Crippen LogP contribution in [0.4, 0.5) is 23.2 Å². The van der Waals surface area contributed by atoms with Gasteiger partial charge >= 0.3 is 6.18 Å². The molecular weight excluding hydrogens is 316 g/mol. The molecule has 1 fully saturated rings. The normalized spacial score (nSPS) is 18.1. The summed E-state index contributed by atoms with van der Waals surface area (Å²) in [5, 5.41) is 0. The van der Waals surface area contributed by atoms with E-state index >= 15 is 0 Å². The standard InChI is InChI=1S/C15H18F4N2S/c1-10-7-11(16)12(8-13(10)22-9-15(17,18)19)20-14-5-3-4-6-21(14)2/h7-8H,3-6,9H2,1-2H3. The molecule has 0 radical (unpaired) electrons. The van der Waals surface area contributed by atoms with Crippen LogP contribution in [0.5, 0.6) is 0 Å². The highest BCUT2D eigenvalue weighted by Crippen LogP contribution is 2.33. The number of rotatable bonds is 3. The van der Waals surface area contributed by atoms with Crippen LogP contribution >= 0.6 is 11.8 Å². The zero-order chi connectivity index (χ0) is 16.3. The molecule has 0 unspecified atom stereocenters. The predicted octanol–water partition coefficient (Wildman–Crippen LogP) is 4.93. The van der Waals surface area contributed by atoms with Crippen molar-refractivity contribution in [1.82, 2.24) is 4.90 Å². The average molecular weight is 334 g/mol. The molecule has 22 heavy (non-hydrogen) atoms. The van der Waals surface area contributed by atoms with Gasteiger partial charge in [-0.05, 0) is 37.5 Å². The van der Waals surface area contributed by atoms with Gasteiger partial charge in [-0.2, -0.15) is 13.2 Å². The summed E-state index contributed by atoms with van der Waals surface area (Å²) in [4.78, 5) is 6.69. The van der Waals surface area contributed by atoms with Gasteiger partial charge in [0.15, 0.2) is 0 Å². The van der Waals surface area contributed by atoms with Crippen LogP contribution in [0.15, 0.2) is 22.0 Å². The Kier molecular flexibility index (Phi) is 5.36. The van der Waals surface area contributed by atoms with E-state index in [2.05, 4.69) is 4.99 Å². The van der Waals surface area contributed by atoms with E-state index in [9.17, 15) is 17.6 Å². The molecule has 1 heterocycles. The third kappa shape index (κ3) is 4.63. The highest BCUT2D eigenvalue weighted by atomic mass is 32.2. The monoisotopic (exact) mass is 334 g/mol. The van der Waals surface area contributed by atoms with Gasteiger partial charge in [0.05, 0.1) is 5.75 Å². The largest absolute Gasteiger partial charge is 0.398 e. The maximum absolute atomic E-state index is 14.0. The van der Waals surface area contributed by atoms with Crippen molar-refractivity contribution < 1.29 is 17.6 Å². The van der Waals surface area contributed by atoms with Gasteiger partial charge in [0, 0.05) is 24.9 Å². The molecule has 122 valence electrons. The lowest BCUT2D eigenvalue weighted by molar-refractivity contribution is -0.105. The lowest BCUT2D eigenvalue weighted by Crippen LogP contribution is -2.31. The van der Waals surface area contributed by atoms with Crippen LogP contribution in [0.2, 0.25) is 0 Å². The van der Waals surface area contributed by atoms with Crippen LogP contribution in [0.1, 0.15) is 24.8 Å². The van der Waals surface area contributed by atoms with Crippen LogP contribution in [-0.2, 0) is 0 Å². The van der Waals surface area contributed by atoms with E-state index in [-0.39, 0.29) is 5.69 Å². The number of aryl methyl sites for hydroxylation is 1. The van der Waals surface area contributed by atoms with Crippen LogP contribution in [-0.4, -0.2) is 36.3 Å². The first-order chi connectivity index (χ1) is 10.3. The van der Waals surface area contributed by atoms with Crippen LogP contribution in [0, 0.1) is 12.7 Å². The summed E-state index contributed by atoms with van der Waals surface area (Å²) in [6.07, 6.45) is -1.43. The van der Waals surface area contributed by atoms with Crippen molar-refractivity contribution in [2.45, 2.75) is 37.3 Å². The van der Waals surface area contributed by atoms with Gasteiger partial charge in [-0.3, -0.25) is 0 Å². The minimum Gasteiger partial charge on any atom is -0.363 e. The lowest BCUT2D eigenvalue weighted by atomic mass is 10.1. The van der Waals surface area contributed by atoms with Gasteiger partial charge in [-0.25, -0.2) is 9.38 Å². The van der Waals surface area contributed by atoms with Crippen molar-refractivity contribution in [3.63, 3.8) is 0 Å². The van der Waals surface area contributed by atoms with Gasteiger partial charge in [-0.1, -0.05) is 0 Å². The van der Waals surface area contributed by atoms with Gasteiger partial charge in [0.25, 0.3) is 0 Å². The van der Waals surface area contributed by atoms with Crippen LogP contribution in [0.25, 0.3) is 0 Å². The maximum Gasteiger partial charge on any atom is 0.398 e. The number of halogens is 4. The molecule has 0 spiro atoms. The molecule has 1 aliphatic heterocycles. The van der Waals surface area contributed by atoms with Gasteiger partial charge in [-0.15, -0.1) is 11.8 Å². The summed E-state index contributed by atoms with van der Waals surface area (Å²) < 4.78 is 51.1. The van der Waals surface area contributed by atoms with Crippen LogP contribution < -0.4 is 0 Å². The van der Waals surface area contributed by atoms with Crippen molar-refractivity contribution in [1.29, 1.82) is 0 Å². The van der Waals surface area contributed by atoms with E-state index < -0.39 is 17.7 Å². The fourth-order valence-corrected chi connectivity index (χ4v) is 3.08. The zero-order valence-corrected chi connectivity index (χ0v) is 13.3. The predicted molar refractivity (Wildman–Crippen MR) is 81.5 cm³/mol. The highest BCUT2D eigenvalue weighted by Gasteiger charge is 2.27. The van der Waals surface area contributed by atoms with Gasteiger partial charge in [0.2, 0.25) is 0 Å². The second-order valence-corrected chi connectivity index (χ2v) is 6.40. The molecule has 0 saturated carbocycles. The molecule has 2 rings (SSSR count). The van der Waals surface area contributed by atoms with Crippen molar-refractivity contribution >= 4 is 23.3 Å². The lowest BCUT2D eigenvalue weighted by Gasteiger charge is -2.26. The van der Waals surface area contributed by atoms with Crippen LogP contribution in [0.3, 0.4) is 0 Å². The Morgan fingerprint density at radius 2 is 2.00 bits per heavy atom. The molecule has 0 aromatic heterocycles. The molecule has 1 aromatic rings. The summed E-state index contributed by atoms with van der Waals surface area (Å²) >= 11 is 0.665. The van der Waals surface area contributed by atoms with Crippen molar-refractivity contribution in [2.75, 3.05) is 19.3 Å². The molecule has 0 amide bonds. The topological polar surface area (TPSA) is 15.6 Å². The molecule has 2 nitrogen and oxygen atoms in total. The number of nitrogens with zero attached hydrogens (tertiary/aromatic N) is 2. The molecule has 0 bridgehead atoms. The van der Waals surface area contributed by atoms with Gasteiger partial charge in [0.1, 0.15) is 17.3 Å². The Labute approximate surface area is 131 Å². The van der Waals surface area contributed by atoms with E-state index in [1.807, 2.05) is 11.9 Å². The summed E-state index contributed by atoms with van der Waals surface area (Å²) in [5.41, 5.74) is 0.603. The number of benzene rings is 1. The number of hydrogen-bond acceptors (Lipinski definition) is 2. The summed E-state index contributed by atoms with van der Waals surface area (Å²) in [6.45, 7) is 2.47. The Hall–Kier alpha value is -1.24. The Balaban J connectivity index is 2.26. The third-order valence-corrected chi connectivity index (χ3v) is 4.69. The summed E-state index contributed by atoms with van der Waals surface area (Å²) in [7, 11) is 1.89. The highest BCUT2D eigenvalue weighted by molar-refractivity contribution is 7.99. The molecule has 7 heteroatoms. The minimum atomic E-state index is -4.25. The molecule has 0 N–H and O–H groups in total. The first-order valence-electron chi connectivity index (χ1n) is 7.04. The van der Waals surface area contributed by atoms with E-state index in [0.29, 0.717) is 22.2 Å². The molecule has 1 aliphatic rings. The average Bonchev–Trinajstić information content (AvgIpc) is 2.41. The maximum atomic E-state index is 14.0.